The highest BCUT2D eigenvalue weighted by atomic mass is 16.5. The van der Waals surface area contributed by atoms with Gasteiger partial charge in [-0.1, -0.05) is 0 Å². The number of morpholine rings is 1. The molecule has 1 fully saturated rings. The standard InChI is InChI=1S/C16H25NO4/c1-11-8-17(9-12(2)21-11)10-15(18)14-7-13(19-3)5-6-16(14)20-4/h5-7,11-12,15,18H,8-10H2,1-4H3/t11-,12+,15?. The van der Waals surface area contributed by atoms with Crippen LogP contribution in [0, 0.1) is 0 Å². The Morgan fingerprint density at radius 2 is 1.90 bits per heavy atom. The van der Waals surface area contributed by atoms with Gasteiger partial charge in [-0.15, -0.1) is 0 Å². The van der Waals surface area contributed by atoms with E-state index in [0.717, 1.165) is 18.7 Å². The predicted octanol–water partition coefficient (Wildman–Crippen LogP) is 1.85. The minimum Gasteiger partial charge on any atom is -0.497 e. The summed E-state index contributed by atoms with van der Waals surface area (Å²) in [6.07, 6.45) is -0.242. The first-order valence-corrected chi connectivity index (χ1v) is 7.31. The van der Waals surface area contributed by atoms with Crippen molar-refractivity contribution in [3.8, 4) is 11.5 Å². The molecule has 1 N–H and O–H groups in total. The molecule has 118 valence electrons. The number of rotatable bonds is 5. The molecule has 21 heavy (non-hydrogen) atoms. The zero-order chi connectivity index (χ0) is 15.4. The van der Waals surface area contributed by atoms with Crippen molar-refractivity contribution in [1.82, 2.24) is 4.90 Å². The highest BCUT2D eigenvalue weighted by molar-refractivity contribution is 5.41. The van der Waals surface area contributed by atoms with E-state index in [1.807, 2.05) is 18.2 Å². The second kappa shape index (κ2) is 7.11. The first-order chi connectivity index (χ1) is 10.0. The summed E-state index contributed by atoms with van der Waals surface area (Å²) in [5.41, 5.74) is 0.753. The van der Waals surface area contributed by atoms with Crippen molar-refractivity contribution in [3.05, 3.63) is 23.8 Å². The lowest BCUT2D eigenvalue weighted by Gasteiger charge is -2.36. The van der Waals surface area contributed by atoms with Gasteiger partial charge in [0.1, 0.15) is 11.5 Å². The molecule has 5 heteroatoms. The Balaban J connectivity index is 2.10. The fourth-order valence-corrected chi connectivity index (χ4v) is 2.88. The second-order valence-corrected chi connectivity index (χ2v) is 5.60. The molecule has 5 nitrogen and oxygen atoms in total. The molecule has 2 rings (SSSR count). The molecule has 1 saturated heterocycles. The van der Waals surface area contributed by atoms with Crippen LogP contribution in [-0.2, 0) is 4.74 Å². The molecule has 1 aromatic carbocycles. The van der Waals surface area contributed by atoms with Gasteiger partial charge in [-0.25, -0.2) is 0 Å². The van der Waals surface area contributed by atoms with Crippen LogP contribution in [0.1, 0.15) is 25.5 Å². The molecule has 3 atom stereocenters. The molecule has 1 aliphatic heterocycles. The van der Waals surface area contributed by atoms with E-state index in [9.17, 15) is 5.11 Å². The van der Waals surface area contributed by atoms with Gasteiger partial charge in [0.15, 0.2) is 0 Å². The van der Waals surface area contributed by atoms with Gasteiger partial charge in [-0.05, 0) is 32.0 Å². The topological polar surface area (TPSA) is 51.2 Å². The fraction of sp³-hybridized carbons (Fsp3) is 0.625. The highest BCUT2D eigenvalue weighted by Crippen LogP contribution is 2.30. The van der Waals surface area contributed by atoms with E-state index >= 15 is 0 Å². The lowest BCUT2D eigenvalue weighted by molar-refractivity contribution is -0.0768. The van der Waals surface area contributed by atoms with Crippen molar-refractivity contribution >= 4 is 0 Å². The molecule has 0 bridgehead atoms. The molecule has 1 heterocycles. The number of nitrogens with zero attached hydrogens (tertiary/aromatic N) is 1. The van der Waals surface area contributed by atoms with E-state index < -0.39 is 6.10 Å². The first-order valence-electron chi connectivity index (χ1n) is 7.31. The summed E-state index contributed by atoms with van der Waals surface area (Å²) in [6.45, 7) is 6.32. The molecule has 1 aliphatic rings. The fourth-order valence-electron chi connectivity index (χ4n) is 2.88. The van der Waals surface area contributed by atoms with Gasteiger partial charge in [0.2, 0.25) is 0 Å². The lowest BCUT2D eigenvalue weighted by Crippen LogP contribution is -2.46. The molecule has 0 saturated carbocycles. The summed E-state index contributed by atoms with van der Waals surface area (Å²) in [6, 6.07) is 5.48. The van der Waals surface area contributed by atoms with E-state index in [1.165, 1.54) is 0 Å². The molecule has 1 aromatic rings. The number of ether oxygens (including phenoxy) is 3. The minimum absolute atomic E-state index is 0.188. The van der Waals surface area contributed by atoms with Crippen LogP contribution >= 0.6 is 0 Å². The quantitative estimate of drug-likeness (QED) is 0.898. The number of methoxy groups -OCH3 is 2. The number of benzene rings is 1. The van der Waals surface area contributed by atoms with Crippen molar-refractivity contribution in [3.63, 3.8) is 0 Å². The molecule has 1 unspecified atom stereocenters. The van der Waals surface area contributed by atoms with Crippen molar-refractivity contribution in [1.29, 1.82) is 0 Å². The molecule has 0 amide bonds. The van der Waals surface area contributed by atoms with Gasteiger partial charge in [-0.2, -0.15) is 0 Å². The summed E-state index contributed by atoms with van der Waals surface area (Å²) in [5, 5.41) is 10.6. The zero-order valence-corrected chi connectivity index (χ0v) is 13.2. The zero-order valence-electron chi connectivity index (χ0n) is 13.2. The van der Waals surface area contributed by atoms with Crippen LogP contribution < -0.4 is 9.47 Å². The van der Waals surface area contributed by atoms with E-state index in [2.05, 4.69) is 18.7 Å². The Hall–Kier alpha value is -1.30. The van der Waals surface area contributed by atoms with E-state index in [1.54, 1.807) is 14.2 Å². The van der Waals surface area contributed by atoms with Gasteiger partial charge in [-0.3, -0.25) is 4.90 Å². The average Bonchev–Trinajstić information content (AvgIpc) is 2.45. The van der Waals surface area contributed by atoms with Crippen LogP contribution in [-0.4, -0.2) is 56.1 Å². The van der Waals surface area contributed by atoms with Gasteiger partial charge >= 0.3 is 0 Å². The third kappa shape index (κ3) is 4.09. The van der Waals surface area contributed by atoms with Crippen LogP contribution in [0.25, 0.3) is 0 Å². The minimum atomic E-state index is -0.618. The van der Waals surface area contributed by atoms with Crippen molar-refractivity contribution in [2.24, 2.45) is 0 Å². The van der Waals surface area contributed by atoms with Gasteiger partial charge < -0.3 is 19.3 Å². The van der Waals surface area contributed by atoms with Gasteiger partial charge in [0.05, 0.1) is 32.5 Å². The van der Waals surface area contributed by atoms with Gasteiger partial charge in [0.25, 0.3) is 0 Å². The highest BCUT2D eigenvalue weighted by Gasteiger charge is 2.25. The van der Waals surface area contributed by atoms with Crippen LogP contribution in [0.15, 0.2) is 18.2 Å². The smallest absolute Gasteiger partial charge is 0.124 e. The lowest BCUT2D eigenvalue weighted by atomic mass is 10.1. The number of hydrogen-bond donors (Lipinski definition) is 1. The Morgan fingerprint density at radius 3 is 2.48 bits per heavy atom. The van der Waals surface area contributed by atoms with Crippen molar-refractivity contribution in [2.75, 3.05) is 33.9 Å². The summed E-state index contributed by atoms with van der Waals surface area (Å²) in [7, 11) is 3.22. The third-order valence-electron chi connectivity index (χ3n) is 3.72. The Morgan fingerprint density at radius 1 is 1.24 bits per heavy atom. The monoisotopic (exact) mass is 295 g/mol. The molecule has 0 aliphatic carbocycles. The van der Waals surface area contributed by atoms with E-state index in [-0.39, 0.29) is 12.2 Å². The Bertz CT molecular complexity index is 456. The maximum absolute atomic E-state index is 10.6. The van der Waals surface area contributed by atoms with Gasteiger partial charge in [0, 0.05) is 25.2 Å². The number of aliphatic hydroxyl groups excluding tert-OH is 1. The predicted molar refractivity (Wildman–Crippen MR) is 81.0 cm³/mol. The maximum atomic E-state index is 10.6. The summed E-state index contributed by atoms with van der Waals surface area (Å²) < 4.78 is 16.3. The largest absolute Gasteiger partial charge is 0.497 e. The average molecular weight is 295 g/mol. The van der Waals surface area contributed by atoms with Crippen LogP contribution in [0.4, 0.5) is 0 Å². The van der Waals surface area contributed by atoms with Crippen molar-refractivity contribution in [2.45, 2.75) is 32.2 Å². The van der Waals surface area contributed by atoms with E-state index in [4.69, 9.17) is 14.2 Å². The van der Waals surface area contributed by atoms with Crippen LogP contribution in [0.3, 0.4) is 0 Å². The van der Waals surface area contributed by atoms with Crippen LogP contribution in [0.2, 0.25) is 0 Å². The maximum Gasteiger partial charge on any atom is 0.124 e. The normalized spacial score (nSPS) is 24.6. The Kier molecular flexibility index (Phi) is 5.45. The second-order valence-electron chi connectivity index (χ2n) is 5.60. The van der Waals surface area contributed by atoms with E-state index in [0.29, 0.717) is 18.0 Å². The third-order valence-corrected chi connectivity index (χ3v) is 3.72. The first kappa shape index (κ1) is 16.1. The van der Waals surface area contributed by atoms with Crippen molar-refractivity contribution < 1.29 is 19.3 Å². The van der Waals surface area contributed by atoms with Crippen LogP contribution in [0.5, 0.6) is 11.5 Å². The molecule has 0 spiro atoms. The number of hydrogen-bond acceptors (Lipinski definition) is 5. The molecule has 0 aromatic heterocycles. The Labute approximate surface area is 126 Å². The molecule has 0 radical (unpaired) electrons. The number of β-amino-alcohol motifs (C(OH)–C–C–N with tert-alkyl or cyclic N) is 1. The molecular weight excluding hydrogens is 270 g/mol. The summed E-state index contributed by atoms with van der Waals surface area (Å²) >= 11 is 0. The summed E-state index contributed by atoms with van der Waals surface area (Å²) in [5.74, 6) is 1.39. The molecular formula is C16H25NO4. The number of aliphatic hydroxyl groups is 1. The summed E-state index contributed by atoms with van der Waals surface area (Å²) in [4.78, 5) is 2.22. The SMILES string of the molecule is COc1ccc(OC)c(C(O)CN2C[C@@H](C)O[C@@H](C)C2)c1.